The molecule has 1 saturated heterocycles. The van der Waals surface area contributed by atoms with Crippen LogP contribution in [0, 0.1) is 11.8 Å². The number of esters is 1. The molecule has 1 heterocycles. The molecule has 0 unspecified atom stereocenters. The third-order valence-electron chi connectivity index (χ3n) is 3.59. The maximum absolute atomic E-state index is 12.0. The number of methoxy groups -OCH3 is 1. The number of allylic oxidation sites excluding steroid dienone is 2. The van der Waals surface area contributed by atoms with Crippen molar-refractivity contribution >= 4 is 11.8 Å². The largest absolute Gasteiger partial charge is 0.468 e. The van der Waals surface area contributed by atoms with Crippen molar-refractivity contribution in [3.63, 3.8) is 0 Å². The third-order valence-corrected chi connectivity index (χ3v) is 3.59. The molecule has 2 atom stereocenters. The topological polar surface area (TPSA) is 55.8 Å². The van der Waals surface area contributed by atoms with Crippen LogP contribution in [0.15, 0.2) is 11.8 Å². The Morgan fingerprint density at radius 1 is 1.44 bits per heavy atom. The van der Waals surface area contributed by atoms with Gasteiger partial charge in [-0.2, -0.15) is 0 Å². The molecule has 5 nitrogen and oxygen atoms in total. The van der Waals surface area contributed by atoms with Crippen LogP contribution in [0.3, 0.4) is 0 Å². The average molecular weight is 253 g/mol. The van der Waals surface area contributed by atoms with Crippen molar-refractivity contribution in [2.75, 3.05) is 33.4 Å². The Morgan fingerprint density at radius 3 is 2.67 bits per heavy atom. The molecule has 0 amide bonds. The highest BCUT2D eigenvalue weighted by atomic mass is 16.5. The van der Waals surface area contributed by atoms with E-state index in [1.165, 1.54) is 7.11 Å². The lowest BCUT2D eigenvalue weighted by Gasteiger charge is -2.35. The zero-order valence-corrected chi connectivity index (χ0v) is 10.8. The van der Waals surface area contributed by atoms with Crippen LogP contribution in [-0.4, -0.2) is 50.1 Å². The third kappa shape index (κ3) is 2.56. The molecule has 1 fully saturated rings. The first kappa shape index (κ1) is 13.1. The lowest BCUT2D eigenvalue weighted by molar-refractivity contribution is -0.150. The minimum absolute atomic E-state index is 0.00667. The van der Waals surface area contributed by atoms with Gasteiger partial charge in [-0.25, -0.2) is 0 Å². The van der Waals surface area contributed by atoms with E-state index in [2.05, 4.69) is 9.64 Å². The number of rotatable bonds is 2. The molecule has 2 aliphatic rings. The summed E-state index contributed by atoms with van der Waals surface area (Å²) in [6.07, 6.45) is 2.35. The Balaban J connectivity index is 2.12. The molecule has 0 saturated carbocycles. The van der Waals surface area contributed by atoms with Gasteiger partial charge in [0.05, 0.1) is 20.3 Å². The second-order valence-electron chi connectivity index (χ2n) is 4.82. The molecule has 2 rings (SSSR count). The van der Waals surface area contributed by atoms with E-state index in [0.29, 0.717) is 13.2 Å². The number of ketones is 1. The minimum atomic E-state index is -0.639. The molecule has 0 spiro atoms. The predicted molar refractivity (Wildman–Crippen MR) is 64.8 cm³/mol. The smallest absolute Gasteiger partial charge is 0.316 e. The minimum Gasteiger partial charge on any atom is -0.468 e. The van der Waals surface area contributed by atoms with Gasteiger partial charge in [-0.15, -0.1) is 0 Å². The Morgan fingerprint density at radius 2 is 2.11 bits per heavy atom. The lowest BCUT2D eigenvalue weighted by Crippen LogP contribution is -2.41. The van der Waals surface area contributed by atoms with Crippen LogP contribution in [-0.2, 0) is 19.1 Å². The van der Waals surface area contributed by atoms with Gasteiger partial charge in [0, 0.05) is 24.9 Å². The summed E-state index contributed by atoms with van der Waals surface area (Å²) in [5.74, 6) is -1.21. The van der Waals surface area contributed by atoms with Gasteiger partial charge in [0.1, 0.15) is 5.92 Å². The number of carbonyl (C=O) groups excluding carboxylic acids is 2. The number of ether oxygens (including phenoxy) is 2. The van der Waals surface area contributed by atoms with Gasteiger partial charge in [0.2, 0.25) is 0 Å². The van der Waals surface area contributed by atoms with E-state index >= 15 is 0 Å². The summed E-state index contributed by atoms with van der Waals surface area (Å²) in [5, 5.41) is 0. The first-order valence-electron chi connectivity index (χ1n) is 6.28. The van der Waals surface area contributed by atoms with Crippen molar-refractivity contribution in [2.24, 2.45) is 11.8 Å². The van der Waals surface area contributed by atoms with Gasteiger partial charge in [-0.05, 0) is 12.3 Å². The van der Waals surface area contributed by atoms with Crippen molar-refractivity contribution in [1.82, 2.24) is 4.90 Å². The standard InChI is InChI=1S/C13H19NO4/c1-9-7-10(14-3-5-18-6-4-14)8-11(15)12(9)13(16)17-2/h8-9,12H,3-7H2,1-2H3/t9-,12+/m1/s1. The molecule has 0 aromatic heterocycles. The Hall–Kier alpha value is -1.36. The Bertz CT molecular complexity index is 371. The monoisotopic (exact) mass is 253 g/mol. The summed E-state index contributed by atoms with van der Waals surface area (Å²) in [5.41, 5.74) is 1.02. The normalized spacial score (nSPS) is 28.9. The average Bonchev–Trinajstić information content (AvgIpc) is 2.38. The first-order valence-corrected chi connectivity index (χ1v) is 6.28. The molecule has 1 aliphatic heterocycles. The van der Waals surface area contributed by atoms with E-state index < -0.39 is 11.9 Å². The molecule has 18 heavy (non-hydrogen) atoms. The highest BCUT2D eigenvalue weighted by Crippen LogP contribution is 2.30. The zero-order valence-electron chi connectivity index (χ0n) is 10.8. The molecule has 5 heteroatoms. The summed E-state index contributed by atoms with van der Waals surface area (Å²) in [4.78, 5) is 25.8. The van der Waals surface area contributed by atoms with Crippen LogP contribution in [0.4, 0.5) is 0 Å². The molecule has 0 aromatic rings. The van der Waals surface area contributed by atoms with E-state index in [-0.39, 0.29) is 11.7 Å². The summed E-state index contributed by atoms with van der Waals surface area (Å²) in [7, 11) is 1.32. The quantitative estimate of drug-likeness (QED) is 0.533. The molecule has 0 radical (unpaired) electrons. The molecule has 0 bridgehead atoms. The number of morpholine rings is 1. The number of hydrogen-bond donors (Lipinski definition) is 0. The Kier molecular flexibility index (Phi) is 4.01. The van der Waals surface area contributed by atoms with Gasteiger partial charge in [0.15, 0.2) is 5.78 Å². The van der Waals surface area contributed by atoms with Crippen LogP contribution in [0.25, 0.3) is 0 Å². The van der Waals surface area contributed by atoms with Crippen molar-refractivity contribution in [3.05, 3.63) is 11.8 Å². The first-order chi connectivity index (χ1) is 8.63. The van der Waals surface area contributed by atoms with Gasteiger partial charge in [-0.3, -0.25) is 9.59 Å². The van der Waals surface area contributed by atoms with Crippen molar-refractivity contribution in [2.45, 2.75) is 13.3 Å². The van der Waals surface area contributed by atoms with Crippen LogP contribution in [0.1, 0.15) is 13.3 Å². The summed E-state index contributed by atoms with van der Waals surface area (Å²) >= 11 is 0. The van der Waals surface area contributed by atoms with Crippen molar-refractivity contribution < 1.29 is 19.1 Å². The number of hydrogen-bond acceptors (Lipinski definition) is 5. The van der Waals surface area contributed by atoms with E-state index in [1.807, 2.05) is 6.92 Å². The second-order valence-corrected chi connectivity index (χ2v) is 4.82. The van der Waals surface area contributed by atoms with E-state index in [9.17, 15) is 9.59 Å². The second kappa shape index (κ2) is 5.52. The maximum atomic E-state index is 12.0. The van der Waals surface area contributed by atoms with E-state index in [0.717, 1.165) is 25.2 Å². The molecule has 0 aromatic carbocycles. The predicted octanol–water partition coefficient (Wildman–Crippen LogP) is 0.601. The highest BCUT2D eigenvalue weighted by molar-refractivity contribution is 6.06. The number of carbonyl (C=O) groups is 2. The summed E-state index contributed by atoms with van der Waals surface area (Å²) < 4.78 is 9.98. The van der Waals surface area contributed by atoms with Crippen LogP contribution in [0.5, 0.6) is 0 Å². The molecular weight excluding hydrogens is 234 g/mol. The molecular formula is C13H19NO4. The highest BCUT2D eigenvalue weighted by Gasteiger charge is 2.37. The van der Waals surface area contributed by atoms with Gasteiger partial charge in [0.25, 0.3) is 0 Å². The van der Waals surface area contributed by atoms with E-state index in [1.54, 1.807) is 6.08 Å². The lowest BCUT2D eigenvalue weighted by atomic mass is 9.81. The molecule has 100 valence electrons. The van der Waals surface area contributed by atoms with Gasteiger partial charge >= 0.3 is 5.97 Å². The van der Waals surface area contributed by atoms with Gasteiger partial charge < -0.3 is 14.4 Å². The zero-order chi connectivity index (χ0) is 13.1. The number of nitrogens with zero attached hydrogens (tertiary/aromatic N) is 1. The van der Waals surface area contributed by atoms with Gasteiger partial charge in [-0.1, -0.05) is 6.92 Å². The van der Waals surface area contributed by atoms with Crippen molar-refractivity contribution in [1.29, 1.82) is 0 Å². The summed E-state index contributed by atoms with van der Waals surface area (Å²) in [6, 6.07) is 0. The van der Waals surface area contributed by atoms with Crippen molar-refractivity contribution in [3.8, 4) is 0 Å². The summed E-state index contributed by atoms with van der Waals surface area (Å²) in [6.45, 7) is 4.94. The fourth-order valence-corrected chi connectivity index (χ4v) is 2.59. The van der Waals surface area contributed by atoms with Crippen LogP contribution >= 0.6 is 0 Å². The Labute approximate surface area is 107 Å². The maximum Gasteiger partial charge on any atom is 0.316 e. The fraction of sp³-hybridized carbons (Fsp3) is 0.692. The van der Waals surface area contributed by atoms with E-state index in [4.69, 9.17) is 4.74 Å². The van der Waals surface area contributed by atoms with Crippen LogP contribution in [0.2, 0.25) is 0 Å². The fourth-order valence-electron chi connectivity index (χ4n) is 2.59. The molecule has 0 N–H and O–H groups in total. The molecule has 1 aliphatic carbocycles. The SMILES string of the molecule is COC(=O)[C@@H]1C(=O)C=C(N2CCOCC2)C[C@H]1C. The van der Waals surface area contributed by atoms with Crippen LogP contribution < -0.4 is 0 Å².